The molecule has 0 saturated heterocycles. The van der Waals surface area contributed by atoms with Gasteiger partial charge in [-0.2, -0.15) is 0 Å². The van der Waals surface area contributed by atoms with Crippen LogP contribution in [0.4, 0.5) is 0 Å². The van der Waals surface area contributed by atoms with E-state index in [0.29, 0.717) is 24.4 Å². The summed E-state index contributed by atoms with van der Waals surface area (Å²) in [6.07, 6.45) is 1.47. The van der Waals surface area contributed by atoms with Crippen molar-refractivity contribution in [2.24, 2.45) is 0 Å². The minimum absolute atomic E-state index is 0.195. The largest absolute Gasteiger partial charge is 0.479 e. The number of esters is 1. The Kier molecular flexibility index (Phi) is 5.36. The summed E-state index contributed by atoms with van der Waals surface area (Å²) in [7, 11) is 0. The molecule has 1 aromatic carbocycles. The Morgan fingerprint density at radius 2 is 1.96 bits per heavy atom. The Bertz CT molecular complexity index is 943. The van der Waals surface area contributed by atoms with Crippen molar-refractivity contribution in [2.45, 2.75) is 32.9 Å². The monoisotopic (exact) mass is 355 g/mol. The van der Waals surface area contributed by atoms with E-state index >= 15 is 0 Å². The van der Waals surface area contributed by atoms with Gasteiger partial charge in [-0.05, 0) is 38.1 Å². The zero-order chi connectivity index (χ0) is 18.5. The standard InChI is InChI=1S/C19H21N3O4/c1-14-7-9-16(10-8-14)26-15(2)18(23)25-13-5-12-22-19(24)21-11-4-3-6-17(21)20-22/h3-4,6-11,15H,5,12-13H2,1-2H3. The van der Waals surface area contributed by atoms with Crippen LogP contribution in [0.2, 0.25) is 0 Å². The van der Waals surface area contributed by atoms with Gasteiger partial charge in [0.15, 0.2) is 11.8 Å². The molecule has 0 saturated carbocycles. The summed E-state index contributed by atoms with van der Waals surface area (Å²) >= 11 is 0. The molecule has 2 heterocycles. The first-order valence-corrected chi connectivity index (χ1v) is 8.49. The summed E-state index contributed by atoms with van der Waals surface area (Å²) in [5.74, 6) is 0.184. The second kappa shape index (κ2) is 7.86. The number of hydrogen-bond donors (Lipinski definition) is 0. The molecular formula is C19H21N3O4. The number of fused-ring (bicyclic) bond motifs is 1. The average Bonchev–Trinajstić information content (AvgIpc) is 2.96. The number of ether oxygens (including phenoxy) is 2. The average molecular weight is 355 g/mol. The highest BCUT2D eigenvalue weighted by molar-refractivity contribution is 5.74. The smallest absolute Gasteiger partial charge is 0.350 e. The van der Waals surface area contributed by atoms with Gasteiger partial charge in [0.1, 0.15) is 5.75 Å². The lowest BCUT2D eigenvalue weighted by atomic mass is 10.2. The molecule has 0 amide bonds. The van der Waals surface area contributed by atoms with E-state index in [4.69, 9.17) is 9.47 Å². The van der Waals surface area contributed by atoms with Crippen LogP contribution in [0.25, 0.3) is 5.65 Å². The number of benzene rings is 1. The third kappa shape index (κ3) is 4.11. The highest BCUT2D eigenvalue weighted by atomic mass is 16.6. The molecule has 7 nitrogen and oxygen atoms in total. The van der Waals surface area contributed by atoms with Crippen molar-refractivity contribution >= 4 is 11.6 Å². The highest BCUT2D eigenvalue weighted by Crippen LogP contribution is 2.13. The maximum atomic E-state index is 12.1. The van der Waals surface area contributed by atoms with Gasteiger partial charge in [-0.3, -0.25) is 4.40 Å². The Morgan fingerprint density at radius 3 is 2.69 bits per heavy atom. The van der Waals surface area contributed by atoms with Crippen LogP contribution in [0.15, 0.2) is 53.5 Å². The van der Waals surface area contributed by atoms with E-state index < -0.39 is 12.1 Å². The van der Waals surface area contributed by atoms with E-state index in [2.05, 4.69) is 5.10 Å². The molecule has 1 unspecified atom stereocenters. The first-order chi connectivity index (χ1) is 12.5. The topological polar surface area (TPSA) is 74.8 Å². The van der Waals surface area contributed by atoms with Crippen LogP contribution >= 0.6 is 0 Å². The van der Waals surface area contributed by atoms with Crippen LogP contribution in [0.3, 0.4) is 0 Å². The van der Waals surface area contributed by atoms with E-state index in [1.165, 1.54) is 9.08 Å². The summed E-state index contributed by atoms with van der Waals surface area (Å²) in [4.78, 5) is 24.1. The predicted molar refractivity (Wildman–Crippen MR) is 96.3 cm³/mol. The Balaban J connectivity index is 1.46. The van der Waals surface area contributed by atoms with Gasteiger partial charge in [0.05, 0.1) is 6.61 Å². The Morgan fingerprint density at radius 1 is 1.19 bits per heavy atom. The van der Waals surface area contributed by atoms with Gasteiger partial charge in [-0.15, -0.1) is 5.10 Å². The minimum Gasteiger partial charge on any atom is -0.479 e. The van der Waals surface area contributed by atoms with Crippen LogP contribution < -0.4 is 10.4 Å². The maximum absolute atomic E-state index is 12.1. The van der Waals surface area contributed by atoms with Gasteiger partial charge in [-0.1, -0.05) is 23.8 Å². The molecule has 3 aromatic rings. The minimum atomic E-state index is -0.698. The number of aromatic nitrogens is 3. The highest BCUT2D eigenvalue weighted by Gasteiger charge is 2.16. The first-order valence-electron chi connectivity index (χ1n) is 8.49. The number of aryl methyl sites for hydroxylation is 2. The van der Waals surface area contributed by atoms with E-state index in [0.717, 1.165) is 5.56 Å². The fourth-order valence-corrected chi connectivity index (χ4v) is 2.49. The number of hydrogen-bond acceptors (Lipinski definition) is 5. The molecule has 26 heavy (non-hydrogen) atoms. The van der Waals surface area contributed by atoms with Crippen molar-refractivity contribution in [3.8, 4) is 5.75 Å². The summed E-state index contributed by atoms with van der Waals surface area (Å²) in [6.45, 7) is 4.20. The Labute approximate surface area is 150 Å². The molecule has 0 fully saturated rings. The molecule has 0 spiro atoms. The molecule has 0 bridgehead atoms. The number of pyridine rings is 1. The summed E-state index contributed by atoms with van der Waals surface area (Å²) < 4.78 is 13.6. The Hall–Kier alpha value is -3.09. The fourth-order valence-electron chi connectivity index (χ4n) is 2.49. The summed E-state index contributed by atoms with van der Waals surface area (Å²) in [5.41, 5.74) is 1.51. The number of rotatable bonds is 7. The van der Waals surface area contributed by atoms with Gasteiger partial charge in [0.2, 0.25) is 0 Å². The third-order valence-corrected chi connectivity index (χ3v) is 3.91. The summed E-state index contributed by atoms with van der Waals surface area (Å²) in [5, 5.41) is 4.23. The molecule has 3 rings (SSSR count). The number of nitrogens with zero attached hydrogens (tertiary/aromatic N) is 3. The molecule has 1 atom stereocenters. The molecule has 136 valence electrons. The second-order valence-corrected chi connectivity index (χ2v) is 6.03. The lowest BCUT2D eigenvalue weighted by molar-refractivity contribution is -0.151. The van der Waals surface area contributed by atoms with E-state index in [1.54, 1.807) is 25.3 Å². The van der Waals surface area contributed by atoms with E-state index in [1.807, 2.05) is 37.3 Å². The maximum Gasteiger partial charge on any atom is 0.350 e. The van der Waals surface area contributed by atoms with E-state index in [9.17, 15) is 9.59 Å². The van der Waals surface area contributed by atoms with Crippen LogP contribution in [-0.2, 0) is 16.1 Å². The van der Waals surface area contributed by atoms with Crippen molar-refractivity contribution in [1.29, 1.82) is 0 Å². The van der Waals surface area contributed by atoms with Crippen LogP contribution in [0.5, 0.6) is 5.75 Å². The van der Waals surface area contributed by atoms with Crippen molar-refractivity contribution in [3.05, 3.63) is 64.7 Å². The van der Waals surface area contributed by atoms with E-state index in [-0.39, 0.29) is 12.3 Å². The fraction of sp³-hybridized carbons (Fsp3) is 0.316. The SMILES string of the molecule is Cc1ccc(OC(C)C(=O)OCCCn2nc3ccccn3c2=O)cc1. The third-order valence-electron chi connectivity index (χ3n) is 3.91. The first kappa shape index (κ1) is 17.7. The lowest BCUT2D eigenvalue weighted by Gasteiger charge is -2.14. The zero-order valence-corrected chi connectivity index (χ0v) is 14.8. The van der Waals surface area contributed by atoms with Gasteiger partial charge < -0.3 is 9.47 Å². The van der Waals surface area contributed by atoms with Crippen molar-refractivity contribution in [2.75, 3.05) is 6.61 Å². The summed E-state index contributed by atoms with van der Waals surface area (Å²) in [6, 6.07) is 12.8. The van der Waals surface area contributed by atoms with Crippen molar-refractivity contribution < 1.29 is 14.3 Å². The predicted octanol–water partition coefficient (Wildman–Crippen LogP) is 2.21. The van der Waals surface area contributed by atoms with Crippen molar-refractivity contribution in [1.82, 2.24) is 14.2 Å². The number of carbonyl (C=O) groups is 1. The van der Waals surface area contributed by atoms with Crippen LogP contribution in [0, 0.1) is 6.92 Å². The zero-order valence-electron chi connectivity index (χ0n) is 14.8. The van der Waals surface area contributed by atoms with Crippen molar-refractivity contribution in [3.63, 3.8) is 0 Å². The molecule has 0 aliphatic heterocycles. The van der Waals surface area contributed by atoms with Gasteiger partial charge in [0, 0.05) is 19.2 Å². The molecular weight excluding hydrogens is 334 g/mol. The molecule has 7 heteroatoms. The van der Waals surface area contributed by atoms with Gasteiger partial charge in [0.25, 0.3) is 0 Å². The molecule has 0 N–H and O–H groups in total. The second-order valence-electron chi connectivity index (χ2n) is 6.03. The van der Waals surface area contributed by atoms with Gasteiger partial charge in [-0.25, -0.2) is 14.3 Å². The normalized spacial score (nSPS) is 12.1. The molecule has 0 radical (unpaired) electrons. The van der Waals surface area contributed by atoms with Crippen LogP contribution in [0.1, 0.15) is 18.9 Å². The van der Waals surface area contributed by atoms with Crippen LogP contribution in [-0.4, -0.2) is 32.9 Å². The quantitative estimate of drug-likeness (QED) is 0.480. The lowest BCUT2D eigenvalue weighted by Crippen LogP contribution is -2.27. The molecule has 0 aliphatic rings. The molecule has 2 aromatic heterocycles. The number of carbonyl (C=O) groups excluding carboxylic acids is 1. The van der Waals surface area contributed by atoms with Gasteiger partial charge >= 0.3 is 11.7 Å². The molecule has 0 aliphatic carbocycles.